The maximum absolute atomic E-state index is 12.5. The fourth-order valence-electron chi connectivity index (χ4n) is 3.40. The number of carbonyl (C=O) groups is 2. The van der Waals surface area contributed by atoms with Crippen LogP contribution in [0.3, 0.4) is 0 Å². The number of ether oxygens (including phenoxy) is 1. The average Bonchev–Trinajstić information content (AvgIpc) is 3.41. The van der Waals surface area contributed by atoms with Crippen LogP contribution in [0.1, 0.15) is 35.7 Å². The molecule has 0 bridgehead atoms. The van der Waals surface area contributed by atoms with E-state index in [1.165, 1.54) is 0 Å². The molecule has 3 aromatic rings. The number of hydrogen-bond donors (Lipinski definition) is 2. The molecule has 2 aromatic carbocycles. The van der Waals surface area contributed by atoms with Gasteiger partial charge >= 0.3 is 0 Å². The molecule has 1 aromatic heterocycles. The molecule has 0 radical (unpaired) electrons. The van der Waals surface area contributed by atoms with Crippen molar-refractivity contribution in [1.29, 1.82) is 0 Å². The average molecular weight is 393 g/mol. The minimum atomic E-state index is -0.376. The minimum Gasteiger partial charge on any atom is -0.368 e. The van der Waals surface area contributed by atoms with Crippen molar-refractivity contribution in [3.05, 3.63) is 53.6 Å². The summed E-state index contributed by atoms with van der Waals surface area (Å²) in [5, 5.41) is 13.9. The molecule has 1 unspecified atom stereocenters. The van der Waals surface area contributed by atoms with E-state index in [0.29, 0.717) is 29.9 Å². The zero-order valence-electron chi connectivity index (χ0n) is 16.2. The van der Waals surface area contributed by atoms with Gasteiger partial charge in [-0.2, -0.15) is 0 Å². The number of fused-ring (bicyclic) bond motifs is 1. The number of rotatable bonds is 6. The lowest BCUT2D eigenvalue weighted by molar-refractivity contribution is -0.124. The molecule has 2 heterocycles. The first-order valence-electron chi connectivity index (χ1n) is 9.77. The molecule has 150 valence electrons. The van der Waals surface area contributed by atoms with Crippen LogP contribution < -0.4 is 10.6 Å². The first-order valence-corrected chi connectivity index (χ1v) is 9.77. The summed E-state index contributed by atoms with van der Waals surface area (Å²) in [6.45, 7) is 3.70. The standard InChI is InChI=1S/C21H23N5O3/c1-2-26-18-9-8-15(12-17(18)24-25-26)20(27)22-13-14-5-3-6-16(11-14)23-21(28)19-7-4-10-29-19/h3,5-6,8-9,11-12,19H,2,4,7,10,13H2,1H3,(H,22,27)(H,23,28). The fraction of sp³-hybridized carbons (Fsp3) is 0.333. The van der Waals surface area contributed by atoms with Crippen LogP contribution in [0.25, 0.3) is 11.0 Å². The Kier molecular flexibility index (Phi) is 5.53. The van der Waals surface area contributed by atoms with E-state index in [0.717, 1.165) is 30.5 Å². The van der Waals surface area contributed by atoms with Gasteiger partial charge in [-0.05, 0) is 55.7 Å². The number of aryl methyl sites for hydroxylation is 1. The SMILES string of the molecule is CCn1nnc2cc(C(=O)NCc3cccc(NC(=O)C4CCCO4)c3)ccc21. The van der Waals surface area contributed by atoms with Gasteiger partial charge < -0.3 is 15.4 Å². The molecule has 1 aliphatic rings. The summed E-state index contributed by atoms with van der Waals surface area (Å²) in [6, 6.07) is 12.8. The first kappa shape index (κ1) is 19.1. The Morgan fingerprint density at radius 1 is 1.24 bits per heavy atom. The largest absolute Gasteiger partial charge is 0.368 e. The summed E-state index contributed by atoms with van der Waals surface area (Å²) in [5.41, 5.74) is 3.71. The normalized spacial score (nSPS) is 16.1. The molecule has 4 rings (SSSR count). The fourth-order valence-corrected chi connectivity index (χ4v) is 3.40. The number of benzene rings is 2. The van der Waals surface area contributed by atoms with Crippen molar-refractivity contribution >= 4 is 28.5 Å². The lowest BCUT2D eigenvalue weighted by Crippen LogP contribution is -2.27. The van der Waals surface area contributed by atoms with E-state index in [9.17, 15) is 9.59 Å². The van der Waals surface area contributed by atoms with E-state index in [-0.39, 0.29) is 17.9 Å². The quantitative estimate of drug-likeness (QED) is 0.671. The van der Waals surface area contributed by atoms with Gasteiger partial charge in [0.05, 0.1) is 5.52 Å². The molecule has 1 fully saturated rings. The highest BCUT2D eigenvalue weighted by atomic mass is 16.5. The second-order valence-corrected chi connectivity index (χ2v) is 6.98. The van der Waals surface area contributed by atoms with Crippen LogP contribution in [0.15, 0.2) is 42.5 Å². The zero-order valence-corrected chi connectivity index (χ0v) is 16.2. The van der Waals surface area contributed by atoms with Crippen molar-refractivity contribution < 1.29 is 14.3 Å². The van der Waals surface area contributed by atoms with E-state index in [1.54, 1.807) is 16.8 Å². The molecule has 0 saturated carbocycles. The van der Waals surface area contributed by atoms with Crippen LogP contribution in [0.5, 0.6) is 0 Å². The Morgan fingerprint density at radius 2 is 2.14 bits per heavy atom. The molecule has 1 atom stereocenters. The van der Waals surface area contributed by atoms with Gasteiger partial charge in [0.2, 0.25) is 0 Å². The molecule has 29 heavy (non-hydrogen) atoms. The molecule has 8 nitrogen and oxygen atoms in total. The number of aromatic nitrogens is 3. The van der Waals surface area contributed by atoms with E-state index >= 15 is 0 Å². The number of anilines is 1. The molecule has 2 amide bonds. The van der Waals surface area contributed by atoms with Gasteiger partial charge in [-0.3, -0.25) is 9.59 Å². The van der Waals surface area contributed by atoms with Gasteiger partial charge in [0.1, 0.15) is 11.6 Å². The van der Waals surface area contributed by atoms with Gasteiger partial charge in [0, 0.05) is 30.9 Å². The lowest BCUT2D eigenvalue weighted by Gasteiger charge is -2.12. The highest BCUT2D eigenvalue weighted by Gasteiger charge is 2.23. The summed E-state index contributed by atoms with van der Waals surface area (Å²) in [5.74, 6) is -0.316. The second kappa shape index (κ2) is 8.40. The Bertz CT molecular complexity index is 1040. The first-order chi connectivity index (χ1) is 14.1. The Morgan fingerprint density at radius 3 is 2.93 bits per heavy atom. The lowest BCUT2D eigenvalue weighted by atomic mass is 10.1. The van der Waals surface area contributed by atoms with E-state index in [2.05, 4.69) is 20.9 Å². The highest BCUT2D eigenvalue weighted by Crippen LogP contribution is 2.17. The predicted octanol–water partition coefficient (Wildman–Crippen LogP) is 2.50. The van der Waals surface area contributed by atoms with Crippen molar-refractivity contribution in [2.45, 2.75) is 39.0 Å². The van der Waals surface area contributed by atoms with Crippen LogP contribution in [-0.2, 0) is 22.6 Å². The third-order valence-corrected chi connectivity index (χ3v) is 4.95. The zero-order chi connectivity index (χ0) is 20.2. The number of carbonyl (C=O) groups excluding carboxylic acids is 2. The molecule has 2 N–H and O–H groups in total. The summed E-state index contributed by atoms with van der Waals surface area (Å²) in [4.78, 5) is 24.7. The van der Waals surface area contributed by atoms with Gasteiger partial charge in [-0.1, -0.05) is 17.3 Å². The van der Waals surface area contributed by atoms with Crippen molar-refractivity contribution in [2.24, 2.45) is 0 Å². The molecule has 1 aliphatic heterocycles. The second-order valence-electron chi connectivity index (χ2n) is 6.98. The molecule has 8 heteroatoms. The van der Waals surface area contributed by atoms with E-state index < -0.39 is 0 Å². The number of amides is 2. The van der Waals surface area contributed by atoms with Crippen LogP contribution in [-0.4, -0.2) is 39.5 Å². The maximum atomic E-state index is 12.5. The molecule has 0 aliphatic carbocycles. The predicted molar refractivity (Wildman–Crippen MR) is 108 cm³/mol. The summed E-state index contributed by atoms with van der Waals surface area (Å²) < 4.78 is 7.19. The summed E-state index contributed by atoms with van der Waals surface area (Å²) >= 11 is 0. The van der Waals surface area contributed by atoms with Crippen molar-refractivity contribution in [1.82, 2.24) is 20.3 Å². The van der Waals surface area contributed by atoms with Crippen LogP contribution in [0.2, 0.25) is 0 Å². The highest BCUT2D eigenvalue weighted by molar-refractivity contribution is 5.97. The molecule has 1 saturated heterocycles. The van der Waals surface area contributed by atoms with Crippen LogP contribution in [0.4, 0.5) is 5.69 Å². The third kappa shape index (κ3) is 4.27. The Balaban J connectivity index is 1.38. The van der Waals surface area contributed by atoms with Crippen molar-refractivity contribution in [2.75, 3.05) is 11.9 Å². The van der Waals surface area contributed by atoms with Crippen molar-refractivity contribution in [3.63, 3.8) is 0 Å². The van der Waals surface area contributed by atoms with Crippen LogP contribution >= 0.6 is 0 Å². The van der Waals surface area contributed by atoms with Crippen molar-refractivity contribution in [3.8, 4) is 0 Å². The van der Waals surface area contributed by atoms with E-state index in [1.807, 2.05) is 37.3 Å². The number of hydrogen-bond acceptors (Lipinski definition) is 5. The van der Waals surface area contributed by atoms with Gasteiger partial charge in [0.15, 0.2) is 0 Å². The maximum Gasteiger partial charge on any atom is 0.253 e. The number of nitrogens with zero attached hydrogens (tertiary/aromatic N) is 3. The Hall–Kier alpha value is -3.26. The van der Waals surface area contributed by atoms with Crippen LogP contribution in [0, 0.1) is 0 Å². The molecular formula is C21H23N5O3. The monoisotopic (exact) mass is 393 g/mol. The molecular weight excluding hydrogens is 370 g/mol. The van der Waals surface area contributed by atoms with E-state index in [4.69, 9.17) is 4.74 Å². The summed E-state index contributed by atoms with van der Waals surface area (Å²) in [6.07, 6.45) is 1.28. The topological polar surface area (TPSA) is 98.1 Å². The smallest absolute Gasteiger partial charge is 0.253 e. The summed E-state index contributed by atoms with van der Waals surface area (Å²) in [7, 11) is 0. The van der Waals surface area contributed by atoms with Gasteiger partial charge in [-0.25, -0.2) is 4.68 Å². The third-order valence-electron chi connectivity index (χ3n) is 4.95. The van der Waals surface area contributed by atoms with Gasteiger partial charge in [0.25, 0.3) is 11.8 Å². The Labute approximate surface area is 168 Å². The minimum absolute atomic E-state index is 0.128. The molecule has 0 spiro atoms. The number of nitrogens with one attached hydrogen (secondary N) is 2. The van der Waals surface area contributed by atoms with Gasteiger partial charge in [-0.15, -0.1) is 5.10 Å².